The van der Waals surface area contributed by atoms with E-state index in [1.807, 2.05) is 39.8 Å². The number of aliphatic hydroxyl groups is 1. The summed E-state index contributed by atoms with van der Waals surface area (Å²) in [5.41, 5.74) is 1.01. The van der Waals surface area contributed by atoms with Gasteiger partial charge in [-0.25, -0.2) is 4.79 Å². The molecule has 1 heterocycles. The number of aliphatic hydroxyl groups excluding tert-OH is 1. The third kappa shape index (κ3) is 4.59. The highest BCUT2D eigenvalue weighted by Gasteiger charge is 2.36. The molecule has 1 amide bonds. The van der Waals surface area contributed by atoms with Gasteiger partial charge in [-0.3, -0.25) is 4.90 Å². The van der Waals surface area contributed by atoms with Gasteiger partial charge in [0.05, 0.1) is 19.3 Å². The third-order valence-electron chi connectivity index (χ3n) is 3.70. The monoisotopic (exact) mass is 341 g/mol. The Morgan fingerprint density at radius 2 is 2.17 bits per heavy atom. The lowest BCUT2D eigenvalue weighted by Crippen LogP contribution is -2.52. The van der Waals surface area contributed by atoms with Crippen LogP contribution >= 0.6 is 11.6 Å². The first-order valence-electron chi connectivity index (χ1n) is 7.70. The first kappa shape index (κ1) is 18.0. The summed E-state index contributed by atoms with van der Waals surface area (Å²) in [6.07, 6.45) is -1.33. The molecule has 0 aliphatic carbocycles. The summed E-state index contributed by atoms with van der Waals surface area (Å²) in [6, 6.07) is 4.89. The lowest BCUT2D eigenvalue weighted by atomic mass is 10.00. The number of nitrogens with zero attached hydrogens (tertiary/aromatic N) is 1. The minimum Gasteiger partial charge on any atom is -0.444 e. The molecule has 1 saturated heterocycles. The zero-order valence-electron chi connectivity index (χ0n) is 14.0. The van der Waals surface area contributed by atoms with Crippen LogP contribution in [0.2, 0.25) is 5.02 Å². The minimum absolute atomic E-state index is 0.256. The van der Waals surface area contributed by atoms with E-state index in [1.165, 1.54) is 4.90 Å². The van der Waals surface area contributed by atoms with Crippen molar-refractivity contribution in [2.45, 2.75) is 45.4 Å². The summed E-state index contributed by atoms with van der Waals surface area (Å²) in [4.78, 5) is 13.9. The number of aryl methyl sites for hydroxylation is 1. The maximum atomic E-state index is 12.4. The van der Waals surface area contributed by atoms with Crippen molar-refractivity contribution >= 4 is 17.7 Å². The van der Waals surface area contributed by atoms with Gasteiger partial charge in [-0.2, -0.15) is 0 Å². The molecule has 23 heavy (non-hydrogen) atoms. The number of carbonyl (C=O) groups is 1. The third-order valence-corrected chi connectivity index (χ3v) is 4.10. The van der Waals surface area contributed by atoms with Crippen molar-refractivity contribution < 1.29 is 19.4 Å². The van der Waals surface area contributed by atoms with Gasteiger partial charge >= 0.3 is 6.09 Å². The molecule has 1 N–H and O–H groups in total. The molecule has 0 spiro atoms. The van der Waals surface area contributed by atoms with Crippen LogP contribution in [0.15, 0.2) is 18.2 Å². The van der Waals surface area contributed by atoms with E-state index in [9.17, 15) is 9.90 Å². The average Bonchev–Trinajstić information content (AvgIpc) is 2.47. The standard InChI is InChI=1S/C17H24ClNO4/c1-11-5-6-12(9-13(11)18)15(20)14-10-22-8-7-19(14)16(21)23-17(2,3)4/h5-6,9,14-15,20H,7-8,10H2,1-4H3. The maximum Gasteiger partial charge on any atom is 0.410 e. The van der Waals surface area contributed by atoms with Crippen molar-refractivity contribution in [2.75, 3.05) is 19.8 Å². The molecule has 2 atom stereocenters. The largest absolute Gasteiger partial charge is 0.444 e. The number of hydrogen-bond acceptors (Lipinski definition) is 4. The normalized spacial score (nSPS) is 20.3. The zero-order valence-corrected chi connectivity index (χ0v) is 14.8. The SMILES string of the molecule is Cc1ccc(C(O)C2COCCN2C(=O)OC(C)(C)C)cc1Cl. The predicted octanol–water partition coefficient (Wildman–Crippen LogP) is 3.32. The highest BCUT2D eigenvalue weighted by atomic mass is 35.5. The second-order valence-electron chi connectivity index (χ2n) is 6.77. The van der Waals surface area contributed by atoms with Gasteiger partial charge in [-0.1, -0.05) is 23.7 Å². The first-order valence-corrected chi connectivity index (χ1v) is 8.08. The molecule has 1 aliphatic heterocycles. The summed E-state index contributed by atoms with van der Waals surface area (Å²) < 4.78 is 10.9. The van der Waals surface area contributed by atoms with Crippen molar-refractivity contribution in [2.24, 2.45) is 0 Å². The molecule has 5 nitrogen and oxygen atoms in total. The molecule has 0 bridgehead atoms. The van der Waals surface area contributed by atoms with E-state index in [0.717, 1.165) is 5.56 Å². The van der Waals surface area contributed by atoms with Crippen molar-refractivity contribution in [3.8, 4) is 0 Å². The summed E-state index contributed by atoms with van der Waals surface area (Å²) in [5, 5.41) is 11.3. The fraction of sp³-hybridized carbons (Fsp3) is 0.588. The molecule has 2 rings (SSSR count). The number of amides is 1. The van der Waals surface area contributed by atoms with Crippen LogP contribution in [0.3, 0.4) is 0 Å². The molecule has 128 valence electrons. The molecular weight excluding hydrogens is 318 g/mol. The fourth-order valence-corrected chi connectivity index (χ4v) is 2.64. The van der Waals surface area contributed by atoms with Crippen LogP contribution < -0.4 is 0 Å². The second kappa shape index (κ2) is 7.07. The summed E-state index contributed by atoms with van der Waals surface area (Å²) >= 11 is 6.14. The van der Waals surface area contributed by atoms with E-state index in [2.05, 4.69) is 0 Å². The smallest absolute Gasteiger partial charge is 0.410 e. The quantitative estimate of drug-likeness (QED) is 0.896. The molecule has 1 aromatic rings. The molecule has 1 aliphatic rings. The lowest BCUT2D eigenvalue weighted by molar-refractivity contribution is -0.0672. The Morgan fingerprint density at radius 1 is 1.48 bits per heavy atom. The van der Waals surface area contributed by atoms with Crippen molar-refractivity contribution in [3.63, 3.8) is 0 Å². The van der Waals surface area contributed by atoms with Crippen molar-refractivity contribution in [1.29, 1.82) is 0 Å². The van der Waals surface area contributed by atoms with Crippen LogP contribution in [0.5, 0.6) is 0 Å². The number of morpholine rings is 1. The summed E-state index contributed by atoms with van der Waals surface area (Å²) in [6.45, 7) is 8.41. The number of halogens is 1. The molecule has 6 heteroatoms. The topological polar surface area (TPSA) is 59.0 Å². The number of hydrogen-bond donors (Lipinski definition) is 1. The van der Waals surface area contributed by atoms with Gasteiger partial charge in [-0.05, 0) is 44.9 Å². The molecule has 0 radical (unpaired) electrons. The molecule has 0 saturated carbocycles. The lowest BCUT2D eigenvalue weighted by Gasteiger charge is -2.39. The molecule has 1 fully saturated rings. The van der Waals surface area contributed by atoms with Crippen LogP contribution in [0.4, 0.5) is 4.79 Å². The maximum absolute atomic E-state index is 12.4. The van der Waals surface area contributed by atoms with Gasteiger partial charge in [0, 0.05) is 11.6 Å². The summed E-state index contributed by atoms with van der Waals surface area (Å²) in [7, 11) is 0. The van der Waals surface area contributed by atoms with Crippen molar-refractivity contribution in [1.82, 2.24) is 4.90 Å². The predicted molar refractivity (Wildman–Crippen MR) is 88.7 cm³/mol. The van der Waals surface area contributed by atoms with Crippen LogP contribution in [0, 0.1) is 6.92 Å². The Labute approximate surface area is 142 Å². The number of benzene rings is 1. The number of carbonyl (C=O) groups excluding carboxylic acids is 1. The molecule has 0 aromatic heterocycles. The minimum atomic E-state index is -0.888. The molecule has 1 aromatic carbocycles. The Kier molecular flexibility index (Phi) is 5.55. The molecular formula is C17H24ClNO4. The van der Waals surface area contributed by atoms with Gasteiger partial charge in [0.25, 0.3) is 0 Å². The van der Waals surface area contributed by atoms with Crippen LogP contribution in [0.25, 0.3) is 0 Å². The number of ether oxygens (including phenoxy) is 2. The van der Waals surface area contributed by atoms with Crippen LogP contribution in [-0.2, 0) is 9.47 Å². The van der Waals surface area contributed by atoms with E-state index in [1.54, 1.807) is 6.07 Å². The first-order chi connectivity index (χ1) is 10.7. The van der Waals surface area contributed by atoms with Gasteiger partial charge in [0.1, 0.15) is 11.7 Å². The highest BCUT2D eigenvalue weighted by molar-refractivity contribution is 6.31. The van der Waals surface area contributed by atoms with Gasteiger partial charge in [0.2, 0.25) is 0 Å². The van der Waals surface area contributed by atoms with Crippen molar-refractivity contribution in [3.05, 3.63) is 34.3 Å². The van der Waals surface area contributed by atoms with E-state index < -0.39 is 23.8 Å². The van der Waals surface area contributed by atoms with E-state index in [4.69, 9.17) is 21.1 Å². The van der Waals surface area contributed by atoms with Crippen LogP contribution in [0.1, 0.15) is 38.0 Å². The Hall–Kier alpha value is -1.30. The second-order valence-corrected chi connectivity index (χ2v) is 7.18. The van der Waals surface area contributed by atoms with Gasteiger partial charge in [0.15, 0.2) is 0 Å². The number of rotatable bonds is 2. The highest BCUT2D eigenvalue weighted by Crippen LogP contribution is 2.28. The molecule has 2 unspecified atom stereocenters. The van der Waals surface area contributed by atoms with Crippen LogP contribution in [-0.4, -0.2) is 47.5 Å². The van der Waals surface area contributed by atoms with E-state index in [-0.39, 0.29) is 6.61 Å². The Bertz CT molecular complexity index is 570. The Balaban J connectivity index is 2.19. The van der Waals surface area contributed by atoms with Gasteiger partial charge in [-0.15, -0.1) is 0 Å². The average molecular weight is 342 g/mol. The Morgan fingerprint density at radius 3 is 2.78 bits per heavy atom. The zero-order chi connectivity index (χ0) is 17.2. The van der Waals surface area contributed by atoms with Gasteiger partial charge < -0.3 is 14.6 Å². The fourth-order valence-electron chi connectivity index (χ4n) is 2.45. The van der Waals surface area contributed by atoms with E-state index >= 15 is 0 Å². The summed E-state index contributed by atoms with van der Waals surface area (Å²) in [5.74, 6) is 0. The van der Waals surface area contributed by atoms with E-state index in [0.29, 0.717) is 23.7 Å².